The Balaban J connectivity index is 1.60. The van der Waals surface area contributed by atoms with Crippen molar-refractivity contribution in [1.82, 2.24) is 14.4 Å². The summed E-state index contributed by atoms with van der Waals surface area (Å²) < 4.78 is 7.85. The predicted molar refractivity (Wildman–Crippen MR) is 124 cm³/mol. The van der Waals surface area contributed by atoms with Crippen LogP contribution in [0, 0.1) is 5.92 Å². The van der Waals surface area contributed by atoms with Gasteiger partial charge in [0, 0.05) is 43.0 Å². The fourth-order valence-corrected chi connectivity index (χ4v) is 5.27. The minimum atomic E-state index is -0.226. The zero-order valence-corrected chi connectivity index (χ0v) is 19.3. The number of benzene rings is 1. The number of methoxy groups -OCH3 is 1. The van der Waals surface area contributed by atoms with Gasteiger partial charge >= 0.3 is 0 Å². The summed E-state index contributed by atoms with van der Waals surface area (Å²) in [6.45, 7) is 4.21. The molecule has 1 aromatic heterocycles. The van der Waals surface area contributed by atoms with E-state index in [-0.39, 0.29) is 30.3 Å². The molecule has 0 spiro atoms. The van der Waals surface area contributed by atoms with Crippen LogP contribution in [0.2, 0.25) is 0 Å². The summed E-state index contributed by atoms with van der Waals surface area (Å²) in [5.41, 5.74) is 2.05. The van der Waals surface area contributed by atoms with Crippen LogP contribution in [0.3, 0.4) is 0 Å². The van der Waals surface area contributed by atoms with Crippen LogP contribution in [-0.4, -0.2) is 52.9 Å². The Morgan fingerprint density at radius 3 is 2.59 bits per heavy atom. The molecule has 0 bridgehead atoms. The van der Waals surface area contributed by atoms with Gasteiger partial charge in [-0.3, -0.25) is 9.59 Å². The number of aromatic nitrogens is 1. The Kier molecular flexibility index (Phi) is 7.18. The van der Waals surface area contributed by atoms with Gasteiger partial charge in [-0.05, 0) is 37.5 Å². The van der Waals surface area contributed by atoms with E-state index < -0.39 is 0 Å². The van der Waals surface area contributed by atoms with E-state index in [1.165, 1.54) is 6.42 Å². The number of hydrogen-bond acceptors (Lipinski definition) is 3. The molecular weight excluding hydrogens is 402 g/mol. The van der Waals surface area contributed by atoms with Gasteiger partial charge in [-0.15, -0.1) is 0 Å². The van der Waals surface area contributed by atoms with Crippen LogP contribution in [0.15, 0.2) is 42.6 Å². The molecule has 1 fully saturated rings. The number of amides is 2. The molecule has 1 atom stereocenters. The molecule has 1 aliphatic heterocycles. The van der Waals surface area contributed by atoms with E-state index in [1.807, 2.05) is 40.1 Å². The molecular formula is C26H35N3O3. The molecule has 2 aromatic rings. The van der Waals surface area contributed by atoms with Crippen molar-refractivity contribution in [1.29, 1.82) is 0 Å². The van der Waals surface area contributed by atoms with E-state index in [9.17, 15) is 9.59 Å². The van der Waals surface area contributed by atoms with E-state index in [0.717, 1.165) is 55.7 Å². The predicted octanol–water partition coefficient (Wildman–Crippen LogP) is 4.25. The Morgan fingerprint density at radius 1 is 1.06 bits per heavy atom. The number of carbonyl (C=O) groups is 2. The van der Waals surface area contributed by atoms with Crippen molar-refractivity contribution < 1.29 is 14.3 Å². The van der Waals surface area contributed by atoms with Crippen LogP contribution < -0.4 is 4.74 Å². The summed E-state index contributed by atoms with van der Waals surface area (Å²) in [6, 6.07) is 11.8. The SMILES string of the molecule is CCCN(CC(=O)N1CCn2cccc2C1c1ccccc1OC)C(=O)C1CCCCC1. The van der Waals surface area contributed by atoms with E-state index >= 15 is 0 Å². The molecule has 4 rings (SSSR count). The molecule has 2 aliphatic rings. The van der Waals surface area contributed by atoms with E-state index in [0.29, 0.717) is 13.1 Å². The van der Waals surface area contributed by atoms with E-state index in [1.54, 1.807) is 7.11 Å². The summed E-state index contributed by atoms with van der Waals surface area (Å²) in [7, 11) is 1.67. The van der Waals surface area contributed by atoms with Crippen molar-refractivity contribution >= 4 is 11.8 Å². The van der Waals surface area contributed by atoms with Crippen LogP contribution in [0.5, 0.6) is 5.75 Å². The van der Waals surface area contributed by atoms with Crippen LogP contribution in [0.1, 0.15) is 62.7 Å². The Morgan fingerprint density at radius 2 is 1.84 bits per heavy atom. The van der Waals surface area contributed by atoms with Crippen molar-refractivity contribution in [2.45, 2.75) is 58.0 Å². The zero-order valence-electron chi connectivity index (χ0n) is 19.3. The van der Waals surface area contributed by atoms with Crippen LogP contribution in [0.25, 0.3) is 0 Å². The quantitative estimate of drug-likeness (QED) is 0.651. The van der Waals surface area contributed by atoms with Gasteiger partial charge in [0.25, 0.3) is 0 Å². The third kappa shape index (κ3) is 4.54. The summed E-state index contributed by atoms with van der Waals surface area (Å²) in [5.74, 6) is 1.01. The maximum Gasteiger partial charge on any atom is 0.243 e. The second kappa shape index (κ2) is 10.2. The number of fused-ring (bicyclic) bond motifs is 1. The minimum Gasteiger partial charge on any atom is -0.496 e. The molecule has 6 nitrogen and oxygen atoms in total. The molecule has 1 saturated carbocycles. The first-order valence-corrected chi connectivity index (χ1v) is 12.0. The fourth-order valence-electron chi connectivity index (χ4n) is 5.27. The highest BCUT2D eigenvalue weighted by Gasteiger charge is 2.35. The number of nitrogens with zero attached hydrogens (tertiary/aromatic N) is 3. The largest absolute Gasteiger partial charge is 0.496 e. The van der Waals surface area contributed by atoms with Gasteiger partial charge in [0.1, 0.15) is 11.8 Å². The third-order valence-electron chi connectivity index (χ3n) is 6.88. The molecule has 1 unspecified atom stereocenters. The van der Waals surface area contributed by atoms with Crippen molar-refractivity contribution in [2.75, 3.05) is 26.7 Å². The zero-order chi connectivity index (χ0) is 22.5. The summed E-state index contributed by atoms with van der Waals surface area (Å²) in [6.07, 6.45) is 8.26. The van der Waals surface area contributed by atoms with Gasteiger partial charge in [0.05, 0.1) is 13.7 Å². The number of para-hydroxylation sites is 1. The first-order chi connectivity index (χ1) is 15.6. The van der Waals surface area contributed by atoms with Gasteiger partial charge in [-0.25, -0.2) is 0 Å². The maximum atomic E-state index is 13.7. The molecule has 2 heterocycles. The molecule has 32 heavy (non-hydrogen) atoms. The van der Waals surface area contributed by atoms with Crippen molar-refractivity contribution in [2.24, 2.45) is 5.92 Å². The van der Waals surface area contributed by atoms with Gasteiger partial charge in [0.15, 0.2) is 0 Å². The normalized spacial score (nSPS) is 18.8. The molecule has 1 aliphatic carbocycles. The molecule has 0 radical (unpaired) electrons. The van der Waals surface area contributed by atoms with E-state index in [2.05, 4.69) is 23.8 Å². The van der Waals surface area contributed by atoms with Gasteiger partial charge in [0.2, 0.25) is 11.8 Å². The number of rotatable bonds is 7. The third-order valence-corrected chi connectivity index (χ3v) is 6.88. The van der Waals surface area contributed by atoms with Crippen LogP contribution >= 0.6 is 0 Å². The average molecular weight is 438 g/mol. The smallest absolute Gasteiger partial charge is 0.243 e. The highest BCUT2D eigenvalue weighted by atomic mass is 16.5. The monoisotopic (exact) mass is 437 g/mol. The van der Waals surface area contributed by atoms with Gasteiger partial charge < -0.3 is 19.1 Å². The summed E-state index contributed by atoms with van der Waals surface area (Å²) >= 11 is 0. The second-order valence-electron chi connectivity index (χ2n) is 8.95. The fraction of sp³-hybridized carbons (Fsp3) is 0.538. The maximum absolute atomic E-state index is 13.7. The number of hydrogen-bond donors (Lipinski definition) is 0. The van der Waals surface area contributed by atoms with Crippen molar-refractivity contribution in [3.05, 3.63) is 53.9 Å². The first-order valence-electron chi connectivity index (χ1n) is 12.0. The minimum absolute atomic E-state index is 0.00552. The number of ether oxygens (including phenoxy) is 1. The summed E-state index contributed by atoms with van der Waals surface area (Å²) in [4.78, 5) is 30.7. The molecule has 1 aromatic carbocycles. The lowest BCUT2D eigenvalue weighted by Gasteiger charge is -2.39. The Hall–Kier alpha value is -2.76. The Bertz CT molecular complexity index is 932. The lowest BCUT2D eigenvalue weighted by Crippen LogP contribution is -2.49. The van der Waals surface area contributed by atoms with Crippen LogP contribution in [-0.2, 0) is 16.1 Å². The molecule has 2 amide bonds. The molecule has 0 saturated heterocycles. The number of carbonyl (C=O) groups excluding carboxylic acids is 2. The van der Waals surface area contributed by atoms with Gasteiger partial charge in [-0.2, -0.15) is 0 Å². The van der Waals surface area contributed by atoms with Gasteiger partial charge in [-0.1, -0.05) is 44.4 Å². The highest BCUT2D eigenvalue weighted by Crippen LogP contribution is 2.37. The first kappa shape index (κ1) is 22.4. The summed E-state index contributed by atoms with van der Waals surface area (Å²) in [5, 5.41) is 0. The van der Waals surface area contributed by atoms with E-state index in [4.69, 9.17) is 4.74 Å². The van der Waals surface area contributed by atoms with Crippen molar-refractivity contribution in [3.8, 4) is 5.75 Å². The molecule has 0 N–H and O–H groups in total. The Labute approximate surface area is 191 Å². The molecule has 6 heteroatoms. The highest BCUT2D eigenvalue weighted by molar-refractivity contribution is 5.86. The van der Waals surface area contributed by atoms with Crippen molar-refractivity contribution in [3.63, 3.8) is 0 Å². The molecule has 172 valence electrons. The lowest BCUT2D eigenvalue weighted by molar-refractivity contribution is -0.145. The standard InChI is InChI=1S/C26H35N3O3/c1-3-15-28(26(31)20-10-5-4-6-11-20)19-24(30)29-18-17-27-16-9-13-22(27)25(29)21-12-7-8-14-23(21)32-2/h7-9,12-14,16,20,25H,3-6,10-11,15,17-19H2,1-2H3. The average Bonchev–Trinajstić information content (AvgIpc) is 3.32. The lowest BCUT2D eigenvalue weighted by atomic mass is 9.88. The topological polar surface area (TPSA) is 54.8 Å². The van der Waals surface area contributed by atoms with Crippen LogP contribution in [0.4, 0.5) is 0 Å². The second-order valence-corrected chi connectivity index (χ2v) is 8.95.